The van der Waals surface area contributed by atoms with Gasteiger partial charge in [-0.1, -0.05) is 12.1 Å². The molecule has 3 aromatic rings. The van der Waals surface area contributed by atoms with Gasteiger partial charge in [-0.2, -0.15) is 11.8 Å². The summed E-state index contributed by atoms with van der Waals surface area (Å²) in [5, 5.41) is 3.14. The van der Waals surface area contributed by atoms with E-state index in [-0.39, 0.29) is 17.9 Å². The molecule has 29 heavy (non-hydrogen) atoms. The lowest BCUT2D eigenvalue weighted by atomic mass is 10.2. The van der Waals surface area contributed by atoms with Gasteiger partial charge in [0.25, 0.3) is 11.5 Å². The first-order valence-electron chi connectivity index (χ1n) is 8.94. The first-order chi connectivity index (χ1) is 14.0. The third-order valence-electron chi connectivity index (χ3n) is 4.34. The highest BCUT2D eigenvalue weighted by Crippen LogP contribution is 2.12. The fourth-order valence-electron chi connectivity index (χ4n) is 2.83. The lowest BCUT2D eigenvalue weighted by Gasteiger charge is -2.15. The number of rotatable bonds is 8. The van der Waals surface area contributed by atoms with Gasteiger partial charge in [0.2, 0.25) is 0 Å². The number of benzene rings is 1. The lowest BCUT2D eigenvalue weighted by molar-refractivity contribution is -0.142. The van der Waals surface area contributed by atoms with Crippen LogP contribution in [0.3, 0.4) is 0 Å². The second-order valence-electron chi connectivity index (χ2n) is 6.29. The van der Waals surface area contributed by atoms with E-state index >= 15 is 0 Å². The van der Waals surface area contributed by atoms with Gasteiger partial charge in [-0.3, -0.25) is 14.2 Å². The maximum Gasteiger partial charge on any atom is 0.328 e. The number of carbonyl (C=O) groups excluding carboxylic acids is 2. The fourth-order valence-corrected chi connectivity index (χ4v) is 3.30. The number of esters is 1. The molecule has 2 aromatic heterocycles. The summed E-state index contributed by atoms with van der Waals surface area (Å²) < 4.78 is 11.7. The van der Waals surface area contributed by atoms with Crippen LogP contribution in [0.2, 0.25) is 0 Å². The highest BCUT2D eigenvalue weighted by molar-refractivity contribution is 7.98. The van der Waals surface area contributed by atoms with Crippen LogP contribution in [0.4, 0.5) is 0 Å². The molecule has 0 aliphatic heterocycles. The van der Waals surface area contributed by atoms with E-state index in [1.54, 1.807) is 36.0 Å². The number of hydrogen-bond donors (Lipinski definition) is 1. The van der Waals surface area contributed by atoms with Gasteiger partial charge in [0, 0.05) is 0 Å². The first-order valence-corrected chi connectivity index (χ1v) is 10.3. The molecule has 0 saturated heterocycles. The van der Waals surface area contributed by atoms with Gasteiger partial charge >= 0.3 is 5.97 Å². The summed E-state index contributed by atoms with van der Waals surface area (Å²) in [6.07, 6.45) is 3.81. The van der Waals surface area contributed by atoms with Crippen molar-refractivity contribution in [2.24, 2.45) is 0 Å². The van der Waals surface area contributed by atoms with Crippen molar-refractivity contribution >= 4 is 34.5 Å². The first kappa shape index (κ1) is 20.7. The van der Waals surface area contributed by atoms with Crippen molar-refractivity contribution in [3.8, 4) is 0 Å². The molecular weight excluding hydrogens is 394 g/mol. The molecule has 0 aliphatic carbocycles. The molecule has 0 fully saturated rings. The van der Waals surface area contributed by atoms with Crippen LogP contribution < -0.4 is 10.9 Å². The number of aromatic nitrogens is 2. The molecule has 0 spiro atoms. The average Bonchev–Trinajstić information content (AvgIpc) is 3.21. The minimum absolute atomic E-state index is 0.0554. The Hall–Kier alpha value is -3.07. The predicted octanol–water partition coefficient (Wildman–Crippen LogP) is 2.06. The lowest BCUT2D eigenvalue weighted by Crippen LogP contribution is -2.41. The molecular formula is C20H21N3O5S. The number of nitrogens with one attached hydrogen (secondary N) is 1. The van der Waals surface area contributed by atoms with Gasteiger partial charge in [0.1, 0.15) is 11.8 Å². The van der Waals surface area contributed by atoms with E-state index in [0.717, 1.165) is 0 Å². The summed E-state index contributed by atoms with van der Waals surface area (Å²) in [5.41, 5.74) is 0.424. The Bertz CT molecular complexity index is 1080. The molecule has 0 saturated carbocycles. The van der Waals surface area contributed by atoms with Crippen LogP contribution in [0.5, 0.6) is 0 Å². The van der Waals surface area contributed by atoms with Crippen molar-refractivity contribution in [1.82, 2.24) is 14.9 Å². The topological polar surface area (TPSA) is 103 Å². The van der Waals surface area contributed by atoms with E-state index in [9.17, 15) is 14.4 Å². The monoisotopic (exact) mass is 415 g/mol. The molecule has 2 heterocycles. The Morgan fingerprint density at radius 3 is 2.83 bits per heavy atom. The van der Waals surface area contributed by atoms with Gasteiger partial charge in [-0.05, 0) is 42.7 Å². The minimum Gasteiger partial charge on any atom is -0.467 e. The van der Waals surface area contributed by atoms with Gasteiger partial charge in [-0.15, -0.1) is 0 Å². The standard InChI is InChI=1S/C20H21N3O5S/c1-27-20(26)16(9-10-29-2)22-18(24)17-8-7-13(28-17)11-23-12-21-15-6-4-3-5-14(15)19(23)25/h3-8,12,16H,9-11H2,1-2H3,(H,22,24)/t16-/m1/s1. The SMILES string of the molecule is COC(=O)[C@@H](CCSC)NC(=O)c1ccc(Cn2cnc3ccccc3c2=O)o1. The van der Waals surface area contributed by atoms with Crippen molar-refractivity contribution in [2.75, 3.05) is 19.1 Å². The number of ether oxygens (including phenoxy) is 1. The largest absolute Gasteiger partial charge is 0.467 e. The van der Waals surface area contributed by atoms with E-state index in [1.807, 2.05) is 12.3 Å². The molecule has 1 aromatic carbocycles. The molecule has 1 atom stereocenters. The number of methoxy groups -OCH3 is 1. The fraction of sp³-hybridized carbons (Fsp3) is 0.300. The van der Waals surface area contributed by atoms with Crippen LogP contribution in [0.15, 0.2) is 51.9 Å². The smallest absolute Gasteiger partial charge is 0.328 e. The summed E-state index contributed by atoms with van der Waals surface area (Å²) in [6.45, 7) is 0.136. The van der Waals surface area contributed by atoms with E-state index in [1.165, 1.54) is 24.1 Å². The molecule has 0 unspecified atom stereocenters. The molecule has 8 nitrogen and oxygen atoms in total. The number of thioether (sulfide) groups is 1. The molecule has 0 bridgehead atoms. The van der Waals surface area contributed by atoms with Crippen molar-refractivity contribution in [1.29, 1.82) is 0 Å². The number of carbonyl (C=O) groups is 2. The van der Waals surface area contributed by atoms with E-state index in [0.29, 0.717) is 28.8 Å². The van der Waals surface area contributed by atoms with Crippen LogP contribution in [0, 0.1) is 0 Å². The van der Waals surface area contributed by atoms with Crippen LogP contribution in [-0.4, -0.2) is 46.6 Å². The number of para-hydroxylation sites is 1. The van der Waals surface area contributed by atoms with Crippen LogP contribution in [-0.2, 0) is 16.1 Å². The molecule has 0 radical (unpaired) electrons. The van der Waals surface area contributed by atoms with Crippen LogP contribution >= 0.6 is 11.8 Å². The van der Waals surface area contributed by atoms with Crippen LogP contribution in [0.1, 0.15) is 22.7 Å². The van der Waals surface area contributed by atoms with Crippen molar-refractivity contribution in [3.63, 3.8) is 0 Å². The Balaban J connectivity index is 1.73. The Morgan fingerprint density at radius 1 is 1.28 bits per heavy atom. The van der Waals surface area contributed by atoms with Crippen molar-refractivity contribution in [3.05, 3.63) is 64.6 Å². The number of nitrogens with zero attached hydrogens (tertiary/aromatic N) is 2. The zero-order valence-corrected chi connectivity index (χ0v) is 16.9. The van der Waals surface area contributed by atoms with E-state index in [2.05, 4.69) is 10.3 Å². The quantitative estimate of drug-likeness (QED) is 0.562. The molecule has 152 valence electrons. The average molecular weight is 415 g/mol. The summed E-state index contributed by atoms with van der Waals surface area (Å²) in [4.78, 5) is 41.1. The van der Waals surface area contributed by atoms with E-state index < -0.39 is 17.9 Å². The van der Waals surface area contributed by atoms with Crippen molar-refractivity contribution < 1.29 is 18.7 Å². The Labute approximate surface area is 171 Å². The van der Waals surface area contributed by atoms with Crippen molar-refractivity contribution in [2.45, 2.75) is 19.0 Å². The zero-order valence-electron chi connectivity index (χ0n) is 16.1. The molecule has 9 heteroatoms. The summed E-state index contributed by atoms with van der Waals surface area (Å²) >= 11 is 1.57. The van der Waals surface area contributed by atoms with Gasteiger partial charge in [-0.25, -0.2) is 9.78 Å². The van der Waals surface area contributed by atoms with Gasteiger partial charge in [0.05, 0.1) is 30.9 Å². The molecule has 0 aliphatic rings. The zero-order chi connectivity index (χ0) is 20.8. The highest BCUT2D eigenvalue weighted by atomic mass is 32.2. The second-order valence-corrected chi connectivity index (χ2v) is 7.28. The minimum atomic E-state index is -0.749. The number of amides is 1. The normalized spacial score (nSPS) is 11.9. The molecule has 3 rings (SSSR count). The number of fused-ring (bicyclic) bond motifs is 1. The summed E-state index contributed by atoms with van der Waals surface area (Å²) in [6, 6.07) is 9.45. The second kappa shape index (κ2) is 9.42. The number of hydrogen-bond acceptors (Lipinski definition) is 7. The number of furan rings is 1. The Kier molecular flexibility index (Phi) is 6.71. The highest BCUT2D eigenvalue weighted by Gasteiger charge is 2.23. The maximum absolute atomic E-state index is 12.6. The third-order valence-corrected chi connectivity index (χ3v) is 4.99. The molecule has 1 N–H and O–H groups in total. The van der Waals surface area contributed by atoms with E-state index in [4.69, 9.17) is 9.15 Å². The van der Waals surface area contributed by atoms with Gasteiger partial charge in [0.15, 0.2) is 5.76 Å². The molecule has 1 amide bonds. The van der Waals surface area contributed by atoms with Gasteiger partial charge < -0.3 is 14.5 Å². The summed E-state index contributed by atoms with van der Waals surface area (Å²) in [7, 11) is 1.28. The summed E-state index contributed by atoms with van der Waals surface area (Å²) in [5.74, 6) is 0.152. The van der Waals surface area contributed by atoms with Crippen LogP contribution in [0.25, 0.3) is 10.9 Å². The third kappa shape index (κ3) is 4.86. The maximum atomic E-state index is 12.6. The predicted molar refractivity (Wildman–Crippen MR) is 110 cm³/mol. The Morgan fingerprint density at radius 2 is 2.07 bits per heavy atom.